The van der Waals surface area contributed by atoms with Crippen molar-refractivity contribution in [1.82, 2.24) is 9.78 Å². The van der Waals surface area contributed by atoms with E-state index in [0.717, 1.165) is 12.8 Å². The molecule has 1 aromatic heterocycles. The van der Waals surface area contributed by atoms with Crippen molar-refractivity contribution in [3.63, 3.8) is 0 Å². The first-order chi connectivity index (χ1) is 6.89. The SMILES string of the molecule is Cc1c(I)c(C(F)(F)F)nn1CC1CC1. The lowest BCUT2D eigenvalue weighted by molar-refractivity contribution is -0.142. The Bertz CT molecular complexity index is 379. The molecule has 1 aromatic rings. The van der Waals surface area contributed by atoms with Crippen LogP contribution in [-0.4, -0.2) is 9.78 Å². The molecular formula is C9H10F3IN2. The average molecular weight is 330 g/mol. The molecule has 1 saturated carbocycles. The Hall–Kier alpha value is -0.270. The van der Waals surface area contributed by atoms with Crippen LogP contribution in [0.1, 0.15) is 24.2 Å². The molecule has 1 aliphatic carbocycles. The second-order valence-electron chi connectivity index (χ2n) is 3.87. The number of nitrogens with zero attached hydrogens (tertiary/aromatic N) is 2. The third-order valence-electron chi connectivity index (χ3n) is 2.53. The van der Waals surface area contributed by atoms with Crippen LogP contribution in [-0.2, 0) is 12.7 Å². The van der Waals surface area contributed by atoms with Gasteiger partial charge in [0.05, 0.1) is 3.57 Å². The number of aromatic nitrogens is 2. The summed E-state index contributed by atoms with van der Waals surface area (Å²) in [6.45, 7) is 2.31. The van der Waals surface area contributed by atoms with Crippen LogP contribution in [0, 0.1) is 16.4 Å². The van der Waals surface area contributed by atoms with Gasteiger partial charge in [-0.05, 0) is 48.3 Å². The van der Waals surface area contributed by atoms with Gasteiger partial charge in [-0.3, -0.25) is 4.68 Å². The van der Waals surface area contributed by atoms with Crippen molar-refractivity contribution in [3.05, 3.63) is 15.0 Å². The molecule has 1 fully saturated rings. The van der Waals surface area contributed by atoms with Crippen LogP contribution in [0.25, 0.3) is 0 Å². The maximum absolute atomic E-state index is 12.5. The Labute approximate surface area is 99.0 Å². The van der Waals surface area contributed by atoms with E-state index in [1.54, 1.807) is 29.5 Å². The first kappa shape index (κ1) is 11.2. The number of rotatable bonds is 2. The molecule has 0 amide bonds. The van der Waals surface area contributed by atoms with Gasteiger partial charge in [0.2, 0.25) is 0 Å². The van der Waals surface area contributed by atoms with Crippen molar-refractivity contribution in [3.8, 4) is 0 Å². The minimum atomic E-state index is -4.34. The van der Waals surface area contributed by atoms with Crippen molar-refractivity contribution >= 4 is 22.6 Å². The van der Waals surface area contributed by atoms with Crippen LogP contribution >= 0.6 is 22.6 Å². The molecule has 2 rings (SSSR count). The summed E-state index contributed by atoms with van der Waals surface area (Å²) in [6, 6.07) is 0. The summed E-state index contributed by atoms with van der Waals surface area (Å²) in [7, 11) is 0. The lowest BCUT2D eigenvalue weighted by atomic mass is 10.3. The zero-order chi connectivity index (χ0) is 11.2. The van der Waals surface area contributed by atoms with Crippen LogP contribution < -0.4 is 0 Å². The molecule has 1 aliphatic rings. The fourth-order valence-corrected chi connectivity index (χ4v) is 2.12. The summed E-state index contributed by atoms with van der Waals surface area (Å²) in [5, 5.41) is 3.64. The van der Waals surface area contributed by atoms with Crippen LogP contribution in [0.4, 0.5) is 13.2 Å². The third-order valence-corrected chi connectivity index (χ3v) is 3.82. The Balaban J connectivity index is 2.32. The summed E-state index contributed by atoms with van der Waals surface area (Å²) in [5.41, 5.74) is -0.129. The van der Waals surface area contributed by atoms with Gasteiger partial charge in [0, 0.05) is 12.2 Å². The summed E-state index contributed by atoms with van der Waals surface area (Å²) in [4.78, 5) is 0. The van der Waals surface area contributed by atoms with E-state index in [4.69, 9.17) is 0 Å². The molecule has 15 heavy (non-hydrogen) atoms. The van der Waals surface area contributed by atoms with Gasteiger partial charge in [-0.1, -0.05) is 0 Å². The molecule has 0 bridgehead atoms. The number of hydrogen-bond donors (Lipinski definition) is 0. The molecule has 0 radical (unpaired) electrons. The second-order valence-corrected chi connectivity index (χ2v) is 4.95. The predicted octanol–water partition coefficient (Wildman–Crippen LogP) is 3.22. The van der Waals surface area contributed by atoms with E-state index in [1.165, 1.54) is 4.68 Å². The molecule has 1 heterocycles. The first-order valence-corrected chi connectivity index (χ1v) is 5.77. The molecule has 0 aliphatic heterocycles. The molecule has 84 valence electrons. The van der Waals surface area contributed by atoms with Gasteiger partial charge in [0.15, 0.2) is 5.69 Å². The average Bonchev–Trinajstić information content (AvgIpc) is 2.86. The summed E-state index contributed by atoms with van der Waals surface area (Å²) >= 11 is 1.71. The Morgan fingerprint density at radius 2 is 2.07 bits per heavy atom. The van der Waals surface area contributed by atoms with Crippen molar-refractivity contribution in [2.45, 2.75) is 32.5 Å². The van der Waals surface area contributed by atoms with Crippen LogP contribution in [0.2, 0.25) is 0 Å². The summed E-state index contributed by atoms with van der Waals surface area (Å²) < 4.78 is 39.3. The fourth-order valence-electron chi connectivity index (χ4n) is 1.43. The van der Waals surface area contributed by atoms with Gasteiger partial charge in [-0.15, -0.1) is 0 Å². The molecular weight excluding hydrogens is 320 g/mol. The molecule has 0 unspecified atom stereocenters. The number of alkyl halides is 3. The smallest absolute Gasteiger partial charge is 0.268 e. The van der Waals surface area contributed by atoms with Crippen LogP contribution in [0.3, 0.4) is 0 Å². The predicted molar refractivity (Wildman–Crippen MR) is 57.4 cm³/mol. The summed E-state index contributed by atoms with van der Waals surface area (Å²) in [5.74, 6) is 0.528. The van der Waals surface area contributed by atoms with E-state index < -0.39 is 11.9 Å². The van der Waals surface area contributed by atoms with Gasteiger partial charge in [0.25, 0.3) is 0 Å². The van der Waals surface area contributed by atoms with Crippen LogP contribution in [0.15, 0.2) is 0 Å². The van der Waals surface area contributed by atoms with Crippen molar-refractivity contribution in [1.29, 1.82) is 0 Å². The van der Waals surface area contributed by atoms with Gasteiger partial charge in [-0.25, -0.2) is 0 Å². The zero-order valence-corrected chi connectivity index (χ0v) is 10.3. The lowest BCUT2D eigenvalue weighted by Crippen LogP contribution is -2.09. The van der Waals surface area contributed by atoms with E-state index in [9.17, 15) is 13.2 Å². The van der Waals surface area contributed by atoms with E-state index >= 15 is 0 Å². The Kier molecular flexibility index (Phi) is 2.72. The highest BCUT2D eigenvalue weighted by Crippen LogP contribution is 2.35. The van der Waals surface area contributed by atoms with Crippen molar-refractivity contribution in [2.75, 3.05) is 0 Å². The van der Waals surface area contributed by atoms with Gasteiger partial charge < -0.3 is 0 Å². The minimum Gasteiger partial charge on any atom is -0.268 e. The Morgan fingerprint density at radius 3 is 2.47 bits per heavy atom. The molecule has 2 nitrogen and oxygen atoms in total. The molecule has 6 heteroatoms. The van der Waals surface area contributed by atoms with E-state index in [1.807, 2.05) is 0 Å². The minimum absolute atomic E-state index is 0.223. The topological polar surface area (TPSA) is 17.8 Å². The first-order valence-electron chi connectivity index (χ1n) is 4.69. The highest BCUT2D eigenvalue weighted by atomic mass is 127. The van der Waals surface area contributed by atoms with Crippen molar-refractivity contribution in [2.24, 2.45) is 5.92 Å². The van der Waals surface area contributed by atoms with Crippen molar-refractivity contribution < 1.29 is 13.2 Å². The largest absolute Gasteiger partial charge is 0.436 e. The van der Waals surface area contributed by atoms with E-state index in [-0.39, 0.29) is 3.57 Å². The highest BCUT2D eigenvalue weighted by Gasteiger charge is 2.38. The van der Waals surface area contributed by atoms with Gasteiger partial charge in [-0.2, -0.15) is 18.3 Å². The molecule has 0 spiro atoms. The quantitative estimate of drug-likeness (QED) is 0.762. The maximum Gasteiger partial charge on any atom is 0.436 e. The zero-order valence-electron chi connectivity index (χ0n) is 8.10. The monoisotopic (exact) mass is 330 g/mol. The maximum atomic E-state index is 12.5. The van der Waals surface area contributed by atoms with Gasteiger partial charge in [0.1, 0.15) is 0 Å². The lowest BCUT2D eigenvalue weighted by Gasteiger charge is -2.02. The molecule has 0 aromatic carbocycles. The number of halogens is 4. The van der Waals surface area contributed by atoms with E-state index in [2.05, 4.69) is 5.10 Å². The molecule has 0 N–H and O–H groups in total. The molecule has 0 atom stereocenters. The second kappa shape index (κ2) is 3.64. The summed E-state index contributed by atoms with van der Waals surface area (Å²) in [6.07, 6.45) is -2.12. The van der Waals surface area contributed by atoms with Gasteiger partial charge >= 0.3 is 6.18 Å². The highest BCUT2D eigenvalue weighted by molar-refractivity contribution is 14.1. The van der Waals surface area contributed by atoms with Crippen LogP contribution in [0.5, 0.6) is 0 Å². The fraction of sp³-hybridized carbons (Fsp3) is 0.667. The standard InChI is InChI=1S/C9H10F3IN2/c1-5-7(13)8(9(10,11)12)14-15(5)4-6-2-3-6/h6H,2-4H2,1H3. The van der Waals surface area contributed by atoms with E-state index in [0.29, 0.717) is 18.2 Å². The normalized spacial score (nSPS) is 17.1. The molecule has 0 saturated heterocycles. The third kappa shape index (κ3) is 2.29. The number of hydrogen-bond acceptors (Lipinski definition) is 1. The Morgan fingerprint density at radius 1 is 1.47 bits per heavy atom.